The van der Waals surface area contributed by atoms with Crippen LogP contribution >= 0.6 is 0 Å². The van der Waals surface area contributed by atoms with Crippen LogP contribution < -0.4 is 5.32 Å². The van der Waals surface area contributed by atoms with Gasteiger partial charge in [0, 0.05) is 17.7 Å². The van der Waals surface area contributed by atoms with E-state index in [9.17, 15) is 31.1 Å². The molecule has 0 radical (unpaired) electrons. The lowest BCUT2D eigenvalue weighted by molar-refractivity contribution is -0.159. The van der Waals surface area contributed by atoms with Crippen LogP contribution in [-0.2, 0) is 18.8 Å². The number of nitrogens with one attached hydrogen (secondary N) is 1. The van der Waals surface area contributed by atoms with E-state index in [0.29, 0.717) is 11.3 Å². The van der Waals surface area contributed by atoms with E-state index in [1.54, 1.807) is 0 Å². The molecule has 29 heavy (non-hydrogen) atoms. The van der Waals surface area contributed by atoms with Crippen molar-refractivity contribution in [2.24, 2.45) is 0 Å². The van der Waals surface area contributed by atoms with E-state index in [0.717, 1.165) is 24.3 Å². The summed E-state index contributed by atoms with van der Waals surface area (Å²) in [7, 11) is 0. The number of nitrogens with zero attached hydrogens (tertiary/aromatic N) is 2. The molecule has 3 aromatic rings. The second kappa shape index (κ2) is 7.57. The molecule has 11 heteroatoms. The molecular formula is C18H11F6N3O2. The van der Waals surface area contributed by atoms with Crippen molar-refractivity contribution in [1.82, 2.24) is 10.1 Å². The molecule has 5 nitrogen and oxygen atoms in total. The van der Waals surface area contributed by atoms with Gasteiger partial charge in [-0.1, -0.05) is 17.3 Å². The molecule has 0 aliphatic carbocycles. The second-order valence-electron chi connectivity index (χ2n) is 5.92. The molecule has 2 aromatic carbocycles. The van der Waals surface area contributed by atoms with Crippen LogP contribution in [0.5, 0.6) is 0 Å². The number of benzene rings is 2. The standard InChI is InChI=1S/C18H11F6N3O2/c19-17(20,21)12-5-3-11(4-6-12)15(28)25-13-7-1-10(2-8-13)9-14-26-16(29-27-14)18(22,23)24/h1-8H,9H2,(H,25,28). The summed E-state index contributed by atoms with van der Waals surface area (Å²) in [5.74, 6) is -2.20. The van der Waals surface area contributed by atoms with E-state index in [1.165, 1.54) is 24.3 Å². The Balaban J connectivity index is 1.63. The average Bonchev–Trinajstić information content (AvgIpc) is 3.12. The zero-order chi connectivity index (χ0) is 21.2. The largest absolute Gasteiger partial charge is 0.471 e. The highest BCUT2D eigenvalue weighted by Crippen LogP contribution is 2.29. The van der Waals surface area contributed by atoms with E-state index in [4.69, 9.17) is 0 Å². The Morgan fingerprint density at radius 3 is 2.03 bits per heavy atom. The topological polar surface area (TPSA) is 68.0 Å². The number of carbonyl (C=O) groups is 1. The van der Waals surface area contributed by atoms with E-state index in [-0.39, 0.29) is 17.8 Å². The van der Waals surface area contributed by atoms with Gasteiger partial charge < -0.3 is 9.84 Å². The zero-order valence-electron chi connectivity index (χ0n) is 14.3. The molecular weight excluding hydrogens is 404 g/mol. The molecule has 0 atom stereocenters. The van der Waals surface area contributed by atoms with Crippen molar-refractivity contribution in [3.8, 4) is 0 Å². The molecule has 1 aromatic heterocycles. The first kappa shape index (κ1) is 20.4. The maximum atomic E-state index is 12.6. The van der Waals surface area contributed by atoms with Gasteiger partial charge >= 0.3 is 18.2 Å². The van der Waals surface area contributed by atoms with Gasteiger partial charge in [-0.2, -0.15) is 31.3 Å². The Morgan fingerprint density at radius 2 is 1.52 bits per heavy atom. The van der Waals surface area contributed by atoms with Crippen LogP contribution in [0.1, 0.15) is 33.2 Å². The number of alkyl halides is 6. The molecule has 0 aliphatic heterocycles. The van der Waals surface area contributed by atoms with Crippen molar-refractivity contribution in [3.05, 3.63) is 76.9 Å². The van der Waals surface area contributed by atoms with Gasteiger partial charge in [0.15, 0.2) is 5.82 Å². The van der Waals surface area contributed by atoms with E-state index in [1.807, 2.05) is 0 Å². The summed E-state index contributed by atoms with van der Waals surface area (Å²) in [6, 6.07) is 9.76. The lowest BCUT2D eigenvalue weighted by Crippen LogP contribution is -2.12. The molecule has 0 fully saturated rings. The fraction of sp³-hybridized carbons (Fsp3) is 0.167. The van der Waals surface area contributed by atoms with Crippen molar-refractivity contribution in [2.45, 2.75) is 18.8 Å². The molecule has 1 amide bonds. The van der Waals surface area contributed by atoms with E-state index < -0.39 is 29.7 Å². The van der Waals surface area contributed by atoms with Crippen molar-refractivity contribution in [1.29, 1.82) is 0 Å². The predicted molar refractivity (Wildman–Crippen MR) is 87.9 cm³/mol. The molecule has 0 aliphatic rings. The third-order valence-corrected chi connectivity index (χ3v) is 3.76. The van der Waals surface area contributed by atoms with Gasteiger partial charge in [0.1, 0.15) is 0 Å². The van der Waals surface area contributed by atoms with Crippen LogP contribution in [0.15, 0.2) is 53.1 Å². The minimum absolute atomic E-state index is 0.0211. The Hall–Kier alpha value is -3.37. The Kier molecular flexibility index (Phi) is 5.31. The summed E-state index contributed by atoms with van der Waals surface area (Å²) in [5, 5.41) is 5.77. The molecule has 0 unspecified atom stereocenters. The highest BCUT2D eigenvalue weighted by molar-refractivity contribution is 6.04. The molecule has 0 saturated heterocycles. The molecule has 0 bridgehead atoms. The highest BCUT2D eigenvalue weighted by Gasteiger charge is 2.38. The number of hydrogen-bond donors (Lipinski definition) is 1. The lowest BCUT2D eigenvalue weighted by Gasteiger charge is -2.09. The van der Waals surface area contributed by atoms with Crippen LogP contribution in [0.3, 0.4) is 0 Å². The smallest absolute Gasteiger partial charge is 0.329 e. The van der Waals surface area contributed by atoms with Gasteiger partial charge in [-0.15, -0.1) is 0 Å². The van der Waals surface area contributed by atoms with Gasteiger partial charge in [0.2, 0.25) is 0 Å². The SMILES string of the molecule is O=C(Nc1ccc(Cc2noc(C(F)(F)F)n2)cc1)c1ccc(C(F)(F)F)cc1. The van der Waals surface area contributed by atoms with Gasteiger partial charge in [-0.25, -0.2) is 0 Å². The number of rotatable bonds is 4. The summed E-state index contributed by atoms with van der Waals surface area (Å²) >= 11 is 0. The highest BCUT2D eigenvalue weighted by atomic mass is 19.4. The lowest BCUT2D eigenvalue weighted by atomic mass is 10.1. The quantitative estimate of drug-likeness (QED) is 0.613. The third-order valence-electron chi connectivity index (χ3n) is 3.76. The maximum Gasteiger partial charge on any atom is 0.471 e. The normalized spacial score (nSPS) is 12.1. The Bertz CT molecular complexity index is 992. The van der Waals surface area contributed by atoms with E-state index in [2.05, 4.69) is 20.0 Å². The summed E-state index contributed by atoms with van der Waals surface area (Å²) < 4.78 is 79.1. The summed E-state index contributed by atoms with van der Waals surface area (Å²) in [5.41, 5.74) is 0.0805. The second-order valence-corrected chi connectivity index (χ2v) is 5.92. The van der Waals surface area contributed by atoms with Crippen LogP contribution in [0, 0.1) is 0 Å². The molecule has 0 spiro atoms. The third kappa shape index (κ3) is 5.12. The van der Waals surface area contributed by atoms with Crippen LogP contribution in [0.25, 0.3) is 0 Å². The van der Waals surface area contributed by atoms with Crippen LogP contribution in [0.4, 0.5) is 32.0 Å². The molecule has 1 heterocycles. The summed E-state index contributed by atoms with van der Waals surface area (Å²) in [4.78, 5) is 15.4. The number of halogens is 6. The maximum absolute atomic E-state index is 12.6. The number of anilines is 1. The Labute approximate surface area is 159 Å². The first-order chi connectivity index (χ1) is 13.5. The molecule has 152 valence electrons. The molecule has 0 saturated carbocycles. The number of carbonyl (C=O) groups excluding carboxylic acids is 1. The average molecular weight is 415 g/mol. The molecule has 3 rings (SSSR count). The van der Waals surface area contributed by atoms with Gasteiger partial charge in [-0.3, -0.25) is 4.79 Å². The monoisotopic (exact) mass is 415 g/mol. The predicted octanol–water partition coefficient (Wildman–Crippen LogP) is 4.95. The van der Waals surface area contributed by atoms with E-state index >= 15 is 0 Å². The minimum atomic E-state index is -4.72. The minimum Gasteiger partial charge on any atom is -0.329 e. The summed E-state index contributed by atoms with van der Waals surface area (Å²) in [6.45, 7) is 0. The first-order valence-electron chi connectivity index (χ1n) is 8.00. The number of hydrogen-bond acceptors (Lipinski definition) is 4. The van der Waals surface area contributed by atoms with Crippen molar-refractivity contribution in [2.75, 3.05) is 5.32 Å². The zero-order valence-corrected chi connectivity index (χ0v) is 14.3. The van der Waals surface area contributed by atoms with Gasteiger partial charge in [0.25, 0.3) is 5.91 Å². The fourth-order valence-corrected chi connectivity index (χ4v) is 2.34. The summed E-state index contributed by atoms with van der Waals surface area (Å²) in [6.07, 6.45) is -9.24. The fourth-order valence-electron chi connectivity index (χ4n) is 2.34. The number of aromatic nitrogens is 2. The van der Waals surface area contributed by atoms with Crippen molar-refractivity contribution in [3.63, 3.8) is 0 Å². The van der Waals surface area contributed by atoms with Crippen LogP contribution in [-0.4, -0.2) is 16.0 Å². The van der Waals surface area contributed by atoms with Gasteiger partial charge in [0.05, 0.1) is 5.56 Å². The van der Waals surface area contributed by atoms with Crippen LogP contribution in [0.2, 0.25) is 0 Å². The van der Waals surface area contributed by atoms with Crippen molar-refractivity contribution < 1.29 is 35.7 Å². The van der Waals surface area contributed by atoms with Crippen molar-refractivity contribution >= 4 is 11.6 Å². The first-order valence-corrected chi connectivity index (χ1v) is 8.00. The Morgan fingerprint density at radius 1 is 0.897 bits per heavy atom. The van der Waals surface area contributed by atoms with Gasteiger partial charge in [-0.05, 0) is 42.0 Å². The number of amides is 1. The molecule has 1 N–H and O–H groups in total.